The molecule has 0 aliphatic carbocycles. The molecule has 2 aliphatic rings. The summed E-state index contributed by atoms with van der Waals surface area (Å²) < 4.78 is 0. The van der Waals surface area contributed by atoms with Crippen molar-refractivity contribution >= 4 is 40.7 Å². The van der Waals surface area contributed by atoms with Gasteiger partial charge >= 0.3 is 0 Å². The Balaban J connectivity index is 1.37. The van der Waals surface area contributed by atoms with Crippen molar-refractivity contribution in [3.8, 4) is 0 Å². The van der Waals surface area contributed by atoms with Crippen LogP contribution >= 0.6 is 0 Å². The average Bonchev–Trinajstić information content (AvgIpc) is 3.33. The minimum Gasteiger partial charge on any atom is -0.322 e. The van der Waals surface area contributed by atoms with Crippen molar-refractivity contribution in [3.63, 3.8) is 0 Å². The van der Waals surface area contributed by atoms with Crippen molar-refractivity contribution in [3.05, 3.63) is 89.0 Å². The maximum atomic E-state index is 12.8. The van der Waals surface area contributed by atoms with E-state index in [1.807, 2.05) is 0 Å². The van der Waals surface area contributed by atoms with Gasteiger partial charge in [-0.15, -0.1) is 0 Å². The number of hydrogen-bond donors (Lipinski definition) is 1. The van der Waals surface area contributed by atoms with Crippen LogP contribution in [-0.4, -0.2) is 30.2 Å². The molecule has 2 aliphatic heterocycles. The van der Waals surface area contributed by atoms with E-state index >= 15 is 0 Å². The fourth-order valence-electron chi connectivity index (χ4n) is 4.22. The Morgan fingerprint density at radius 3 is 2.28 bits per heavy atom. The first-order valence-electron chi connectivity index (χ1n) is 10.2. The minimum absolute atomic E-state index is 0.0223. The Morgan fingerprint density at radius 2 is 1.59 bits per heavy atom. The number of imide groups is 1. The van der Waals surface area contributed by atoms with Gasteiger partial charge in [-0.1, -0.05) is 18.2 Å². The molecular weight excluding hydrogens is 406 g/mol. The van der Waals surface area contributed by atoms with E-state index in [0.29, 0.717) is 41.0 Å². The molecule has 3 aromatic rings. The Bertz CT molecular complexity index is 1280. The smallest absolute Gasteiger partial charge is 0.266 e. The summed E-state index contributed by atoms with van der Waals surface area (Å²) in [5.74, 6) is -1.11. The Hall–Kier alpha value is -4.26. The van der Waals surface area contributed by atoms with Crippen LogP contribution < -0.4 is 15.1 Å². The van der Waals surface area contributed by atoms with Crippen LogP contribution in [0.2, 0.25) is 0 Å². The maximum absolute atomic E-state index is 12.8. The zero-order valence-corrected chi connectivity index (χ0v) is 17.3. The van der Waals surface area contributed by atoms with Gasteiger partial charge in [0.15, 0.2) is 0 Å². The van der Waals surface area contributed by atoms with Crippen LogP contribution in [0.15, 0.2) is 66.7 Å². The molecule has 32 heavy (non-hydrogen) atoms. The molecule has 0 radical (unpaired) electrons. The average molecular weight is 425 g/mol. The van der Waals surface area contributed by atoms with Gasteiger partial charge in [-0.3, -0.25) is 19.2 Å². The third kappa shape index (κ3) is 3.15. The third-order valence-corrected chi connectivity index (χ3v) is 5.77. The molecule has 0 atom stereocenters. The van der Waals surface area contributed by atoms with Gasteiger partial charge in [0.1, 0.15) is 0 Å². The Labute approximate surface area is 184 Å². The summed E-state index contributed by atoms with van der Waals surface area (Å²) in [6.45, 7) is 2.13. The molecule has 158 valence electrons. The van der Waals surface area contributed by atoms with Crippen LogP contribution in [0.25, 0.3) is 0 Å². The van der Waals surface area contributed by atoms with Gasteiger partial charge in [0, 0.05) is 30.4 Å². The third-order valence-electron chi connectivity index (χ3n) is 5.77. The van der Waals surface area contributed by atoms with E-state index in [4.69, 9.17) is 0 Å². The van der Waals surface area contributed by atoms with Gasteiger partial charge < -0.3 is 10.2 Å². The zero-order valence-electron chi connectivity index (χ0n) is 17.3. The van der Waals surface area contributed by atoms with Gasteiger partial charge in [0.05, 0.1) is 16.8 Å². The van der Waals surface area contributed by atoms with Gasteiger partial charge in [-0.2, -0.15) is 0 Å². The van der Waals surface area contributed by atoms with Gasteiger partial charge in [-0.25, -0.2) is 4.90 Å². The van der Waals surface area contributed by atoms with Crippen molar-refractivity contribution in [2.24, 2.45) is 0 Å². The van der Waals surface area contributed by atoms with Gasteiger partial charge in [0.25, 0.3) is 17.7 Å². The molecule has 7 heteroatoms. The number of hydrogen-bond acceptors (Lipinski definition) is 4. The highest BCUT2D eigenvalue weighted by Crippen LogP contribution is 2.31. The second-order valence-electron chi connectivity index (χ2n) is 7.76. The molecule has 1 N–H and O–H groups in total. The monoisotopic (exact) mass is 425 g/mol. The summed E-state index contributed by atoms with van der Waals surface area (Å²) in [4.78, 5) is 52.8. The highest BCUT2D eigenvalue weighted by molar-refractivity contribution is 6.34. The summed E-state index contributed by atoms with van der Waals surface area (Å²) in [6.07, 6.45) is 0.700. The summed E-state index contributed by atoms with van der Waals surface area (Å²) in [7, 11) is 0. The van der Waals surface area contributed by atoms with Crippen molar-refractivity contribution in [2.75, 3.05) is 21.7 Å². The topological polar surface area (TPSA) is 86.8 Å². The Kier molecular flexibility index (Phi) is 4.59. The van der Waals surface area contributed by atoms with Crippen LogP contribution in [0.1, 0.15) is 43.6 Å². The van der Waals surface area contributed by atoms with Gasteiger partial charge in [0.2, 0.25) is 5.91 Å². The summed E-state index contributed by atoms with van der Waals surface area (Å²) in [5.41, 5.74) is 3.85. The van der Waals surface area contributed by atoms with Crippen LogP contribution in [-0.2, 0) is 11.2 Å². The van der Waals surface area contributed by atoms with Crippen LogP contribution in [0.3, 0.4) is 0 Å². The normalized spacial score (nSPS) is 14.4. The summed E-state index contributed by atoms with van der Waals surface area (Å²) in [6, 6.07) is 18.6. The van der Waals surface area contributed by atoms with Gasteiger partial charge in [-0.05, 0) is 60.5 Å². The molecule has 4 amide bonds. The number of rotatable bonds is 3. The van der Waals surface area contributed by atoms with E-state index in [9.17, 15) is 19.2 Å². The fraction of sp³-hybridized carbons (Fsp3) is 0.120. The van der Waals surface area contributed by atoms with E-state index in [1.165, 1.54) is 6.92 Å². The van der Waals surface area contributed by atoms with E-state index in [1.54, 1.807) is 71.6 Å². The number of anilines is 3. The lowest BCUT2D eigenvalue weighted by Gasteiger charge is -2.16. The lowest BCUT2D eigenvalue weighted by molar-refractivity contribution is -0.116. The predicted octanol–water partition coefficient (Wildman–Crippen LogP) is 3.65. The number of carbonyl (C=O) groups is 4. The Morgan fingerprint density at radius 1 is 0.875 bits per heavy atom. The predicted molar refractivity (Wildman–Crippen MR) is 120 cm³/mol. The van der Waals surface area contributed by atoms with Crippen molar-refractivity contribution in [1.82, 2.24) is 0 Å². The molecular formula is C25H19N3O4. The van der Waals surface area contributed by atoms with Crippen molar-refractivity contribution < 1.29 is 19.2 Å². The number of nitrogens with one attached hydrogen (secondary N) is 1. The highest BCUT2D eigenvalue weighted by atomic mass is 16.2. The molecule has 0 bridgehead atoms. The van der Waals surface area contributed by atoms with Crippen molar-refractivity contribution in [2.45, 2.75) is 13.3 Å². The molecule has 0 aromatic heterocycles. The molecule has 3 aromatic carbocycles. The lowest BCUT2D eigenvalue weighted by Crippen LogP contribution is -2.29. The molecule has 0 unspecified atom stereocenters. The van der Waals surface area contributed by atoms with E-state index in [-0.39, 0.29) is 23.6 Å². The number of nitrogens with zero attached hydrogens (tertiary/aromatic N) is 2. The number of fused-ring (bicyclic) bond motifs is 2. The molecule has 0 fully saturated rings. The second kappa shape index (κ2) is 7.46. The SMILES string of the molecule is CC(=O)N1CCc2cc(C(=O)Nc3cccc(N4C(=O)c5ccccc5C4=O)c3)ccc21. The zero-order chi connectivity index (χ0) is 22.4. The first-order chi connectivity index (χ1) is 15.4. The second-order valence-corrected chi connectivity index (χ2v) is 7.76. The van der Waals surface area contributed by atoms with E-state index in [0.717, 1.165) is 16.2 Å². The number of carbonyl (C=O) groups excluding carboxylic acids is 4. The highest BCUT2D eigenvalue weighted by Gasteiger charge is 2.36. The maximum Gasteiger partial charge on any atom is 0.266 e. The largest absolute Gasteiger partial charge is 0.322 e. The molecule has 7 nitrogen and oxygen atoms in total. The molecule has 0 saturated heterocycles. The fourth-order valence-corrected chi connectivity index (χ4v) is 4.22. The minimum atomic E-state index is -0.386. The number of amides is 4. The molecule has 0 spiro atoms. The first kappa shape index (κ1) is 19.7. The number of benzene rings is 3. The first-order valence-corrected chi connectivity index (χ1v) is 10.2. The molecule has 5 rings (SSSR count). The summed E-state index contributed by atoms with van der Waals surface area (Å²) >= 11 is 0. The van der Waals surface area contributed by atoms with Crippen LogP contribution in [0.4, 0.5) is 17.1 Å². The van der Waals surface area contributed by atoms with E-state index in [2.05, 4.69) is 5.32 Å². The van der Waals surface area contributed by atoms with E-state index < -0.39 is 0 Å². The standard InChI is InChI=1S/C25H19N3O4/c1-15(29)27-12-11-16-13-17(9-10-22(16)27)23(30)26-18-5-4-6-19(14-18)28-24(31)20-7-2-3-8-21(20)25(28)32/h2-10,13-14H,11-12H2,1H3,(H,26,30). The van der Waals surface area contributed by atoms with Crippen molar-refractivity contribution in [1.29, 1.82) is 0 Å². The van der Waals surface area contributed by atoms with Crippen LogP contribution in [0.5, 0.6) is 0 Å². The summed E-state index contributed by atoms with van der Waals surface area (Å²) in [5, 5.41) is 2.83. The quantitative estimate of drug-likeness (QED) is 0.649. The lowest BCUT2D eigenvalue weighted by atomic mass is 10.1. The molecule has 0 saturated carbocycles. The molecule has 2 heterocycles. The van der Waals surface area contributed by atoms with Crippen LogP contribution in [0, 0.1) is 0 Å².